The summed E-state index contributed by atoms with van der Waals surface area (Å²) in [5.74, 6) is 2.08. The molecule has 2 heterocycles. The molecule has 0 fully saturated rings. The molecule has 8 nitrogen and oxygen atoms in total. The Bertz CT molecular complexity index is 896. The van der Waals surface area contributed by atoms with Crippen molar-refractivity contribution in [2.75, 3.05) is 32.0 Å². The van der Waals surface area contributed by atoms with E-state index >= 15 is 0 Å². The first-order chi connectivity index (χ1) is 12.9. The second-order valence-electron chi connectivity index (χ2n) is 5.83. The van der Waals surface area contributed by atoms with Crippen molar-refractivity contribution in [3.05, 3.63) is 26.8 Å². The van der Waals surface area contributed by atoms with Crippen molar-refractivity contribution in [3.8, 4) is 17.2 Å². The number of aromatic nitrogens is 2. The van der Waals surface area contributed by atoms with Crippen molar-refractivity contribution in [1.82, 2.24) is 9.97 Å². The summed E-state index contributed by atoms with van der Waals surface area (Å²) in [4.78, 5) is 21.7. The average Bonchev–Trinajstić information content (AvgIpc) is 3.00. The van der Waals surface area contributed by atoms with E-state index in [1.54, 1.807) is 14.2 Å². The highest BCUT2D eigenvalue weighted by atomic mass is 79.9. The molecule has 1 atom stereocenters. The average molecular weight is 458 g/mol. The number of benzene rings is 1. The Balaban J connectivity index is 2.09. The molecule has 0 bridgehead atoms. The number of fused-ring (bicyclic) bond motifs is 1. The molecule has 2 N–H and O–H groups in total. The lowest BCUT2D eigenvalue weighted by molar-refractivity contribution is -0.108. The minimum Gasteiger partial charge on any atom is -0.493 e. The summed E-state index contributed by atoms with van der Waals surface area (Å²) in [5.41, 5.74) is 7.26. The van der Waals surface area contributed by atoms with Gasteiger partial charge in [0.05, 0.1) is 31.8 Å². The van der Waals surface area contributed by atoms with Crippen LogP contribution in [0.3, 0.4) is 0 Å². The topological polar surface area (TPSA) is 99.8 Å². The molecular formula is C17H18BrClN4O4. The van der Waals surface area contributed by atoms with E-state index in [0.29, 0.717) is 46.1 Å². The highest BCUT2D eigenvalue weighted by molar-refractivity contribution is 9.10. The lowest BCUT2D eigenvalue weighted by atomic mass is 10.1. The van der Waals surface area contributed by atoms with Gasteiger partial charge in [0.2, 0.25) is 11.7 Å². The van der Waals surface area contributed by atoms with E-state index in [-0.39, 0.29) is 11.1 Å². The van der Waals surface area contributed by atoms with Crippen molar-refractivity contribution in [2.45, 2.75) is 19.0 Å². The first-order valence-corrected chi connectivity index (χ1v) is 9.13. The van der Waals surface area contributed by atoms with E-state index in [4.69, 9.17) is 31.5 Å². The van der Waals surface area contributed by atoms with E-state index in [1.807, 2.05) is 11.0 Å². The molecule has 1 aliphatic heterocycles. The number of hydrogen-bond acceptors (Lipinski definition) is 8. The van der Waals surface area contributed by atoms with E-state index in [2.05, 4.69) is 25.9 Å². The summed E-state index contributed by atoms with van der Waals surface area (Å²) in [7, 11) is 4.62. The van der Waals surface area contributed by atoms with Crippen molar-refractivity contribution in [3.63, 3.8) is 0 Å². The number of rotatable bonds is 6. The Morgan fingerprint density at radius 1 is 1.30 bits per heavy atom. The van der Waals surface area contributed by atoms with Crippen LogP contribution in [0.5, 0.6) is 17.2 Å². The van der Waals surface area contributed by atoms with Crippen LogP contribution < -0.4 is 24.8 Å². The molecule has 2 aromatic rings. The number of nitrogens with zero attached hydrogens (tertiary/aromatic N) is 3. The van der Waals surface area contributed by atoms with Crippen LogP contribution in [0.15, 0.2) is 10.5 Å². The normalized spacial score (nSPS) is 15.4. The Morgan fingerprint density at radius 2 is 2.00 bits per heavy atom. The van der Waals surface area contributed by atoms with Crippen LogP contribution in [0.1, 0.15) is 11.1 Å². The van der Waals surface area contributed by atoms with Crippen molar-refractivity contribution < 1.29 is 19.0 Å². The third kappa shape index (κ3) is 3.37. The lowest BCUT2D eigenvalue weighted by Gasteiger charge is -2.25. The smallest absolute Gasteiger partial charge is 0.223 e. The van der Waals surface area contributed by atoms with Crippen LogP contribution in [-0.4, -0.2) is 43.6 Å². The monoisotopic (exact) mass is 456 g/mol. The molecule has 3 rings (SSSR count). The van der Waals surface area contributed by atoms with Gasteiger partial charge in [0.15, 0.2) is 11.5 Å². The second kappa shape index (κ2) is 7.77. The van der Waals surface area contributed by atoms with Gasteiger partial charge in [-0.25, -0.2) is 4.98 Å². The third-order valence-electron chi connectivity index (χ3n) is 4.38. The molecule has 10 heteroatoms. The zero-order valence-corrected chi connectivity index (χ0v) is 17.3. The Kier molecular flexibility index (Phi) is 5.61. The molecule has 1 unspecified atom stereocenters. The number of hydrogen-bond donors (Lipinski definition) is 1. The van der Waals surface area contributed by atoms with Gasteiger partial charge in [-0.2, -0.15) is 4.98 Å². The van der Waals surface area contributed by atoms with Gasteiger partial charge in [-0.1, -0.05) is 11.6 Å². The maximum atomic E-state index is 11.7. The van der Waals surface area contributed by atoms with E-state index in [0.717, 1.165) is 11.8 Å². The highest BCUT2D eigenvalue weighted by Gasteiger charge is 2.34. The first-order valence-electron chi connectivity index (χ1n) is 7.96. The SMILES string of the molecule is COc1cc(CN2c3nc(N)nc(Cl)c3CC2C=O)c(Br)c(OC)c1OC. The van der Waals surface area contributed by atoms with Crippen LogP contribution in [0, 0.1) is 0 Å². The van der Waals surface area contributed by atoms with Crippen molar-refractivity contribution >= 4 is 45.6 Å². The van der Waals surface area contributed by atoms with Crippen LogP contribution in [0.2, 0.25) is 5.15 Å². The number of nitrogens with two attached hydrogens (primary N) is 1. The van der Waals surface area contributed by atoms with E-state index in [9.17, 15) is 4.79 Å². The molecule has 0 amide bonds. The number of carbonyl (C=O) groups is 1. The number of methoxy groups -OCH3 is 3. The van der Waals surface area contributed by atoms with E-state index in [1.165, 1.54) is 7.11 Å². The van der Waals surface area contributed by atoms with Crippen molar-refractivity contribution in [1.29, 1.82) is 0 Å². The summed E-state index contributed by atoms with van der Waals surface area (Å²) in [6, 6.07) is 1.39. The van der Waals surface area contributed by atoms with Gasteiger partial charge in [0.25, 0.3) is 0 Å². The predicted octanol–water partition coefficient (Wildman–Crippen LogP) is 2.63. The Labute approximate surface area is 169 Å². The van der Waals surface area contributed by atoms with Crippen LogP contribution in [-0.2, 0) is 17.8 Å². The van der Waals surface area contributed by atoms with Crippen LogP contribution >= 0.6 is 27.5 Å². The van der Waals surface area contributed by atoms with Gasteiger partial charge in [-0.05, 0) is 27.6 Å². The van der Waals surface area contributed by atoms with Crippen LogP contribution in [0.25, 0.3) is 0 Å². The minimum absolute atomic E-state index is 0.0549. The fraction of sp³-hybridized carbons (Fsp3) is 0.353. The van der Waals surface area contributed by atoms with Gasteiger partial charge < -0.3 is 29.6 Å². The van der Waals surface area contributed by atoms with Crippen molar-refractivity contribution in [2.24, 2.45) is 0 Å². The minimum atomic E-state index is -0.431. The van der Waals surface area contributed by atoms with E-state index < -0.39 is 6.04 Å². The zero-order valence-electron chi connectivity index (χ0n) is 15.0. The molecule has 0 spiro atoms. The zero-order chi connectivity index (χ0) is 19.7. The number of carbonyl (C=O) groups excluding carboxylic acids is 1. The molecule has 144 valence electrons. The number of anilines is 2. The predicted molar refractivity (Wildman–Crippen MR) is 105 cm³/mol. The van der Waals surface area contributed by atoms with Gasteiger partial charge in [-0.15, -0.1) is 0 Å². The highest BCUT2D eigenvalue weighted by Crippen LogP contribution is 2.46. The second-order valence-corrected chi connectivity index (χ2v) is 6.98. The fourth-order valence-electron chi connectivity index (χ4n) is 3.13. The Hall–Kier alpha value is -2.26. The summed E-state index contributed by atoms with van der Waals surface area (Å²) in [5, 5.41) is 0.260. The quantitative estimate of drug-likeness (QED) is 0.522. The molecule has 0 aliphatic carbocycles. The third-order valence-corrected chi connectivity index (χ3v) is 5.56. The maximum absolute atomic E-state index is 11.7. The fourth-order valence-corrected chi connectivity index (χ4v) is 3.96. The lowest BCUT2D eigenvalue weighted by Crippen LogP contribution is -2.33. The molecule has 27 heavy (non-hydrogen) atoms. The molecule has 1 aromatic heterocycles. The number of ether oxygens (including phenoxy) is 3. The Morgan fingerprint density at radius 3 is 2.59 bits per heavy atom. The molecule has 1 aliphatic rings. The van der Waals surface area contributed by atoms with Crippen LogP contribution in [0.4, 0.5) is 11.8 Å². The summed E-state index contributed by atoms with van der Waals surface area (Å²) < 4.78 is 17.0. The molecule has 0 saturated carbocycles. The summed E-state index contributed by atoms with van der Waals surface area (Å²) >= 11 is 9.75. The summed E-state index contributed by atoms with van der Waals surface area (Å²) in [6.07, 6.45) is 1.28. The summed E-state index contributed by atoms with van der Waals surface area (Å²) in [6.45, 7) is 0.348. The molecule has 1 aromatic carbocycles. The molecular weight excluding hydrogens is 440 g/mol. The van der Waals surface area contributed by atoms with Gasteiger partial charge in [0, 0.05) is 18.5 Å². The number of nitrogen functional groups attached to an aromatic ring is 1. The number of halogens is 2. The molecule has 0 saturated heterocycles. The first kappa shape index (κ1) is 19.5. The standard InChI is InChI=1S/C17H18BrClN4O4/c1-25-11-4-8(12(18)14(27-3)13(11)26-2)6-23-9(7-24)5-10-15(19)21-17(20)22-16(10)23/h4,7,9H,5-6H2,1-3H3,(H2,20,21,22). The number of aldehydes is 1. The van der Waals surface area contributed by atoms with Gasteiger partial charge in [-0.3, -0.25) is 0 Å². The largest absolute Gasteiger partial charge is 0.493 e. The maximum Gasteiger partial charge on any atom is 0.223 e. The molecule has 0 radical (unpaired) electrons. The van der Waals surface area contributed by atoms with Gasteiger partial charge in [0.1, 0.15) is 17.3 Å². The van der Waals surface area contributed by atoms with Gasteiger partial charge >= 0.3 is 0 Å².